The number of hydrogen-bond acceptors (Lipinski definition) is 2. The first kappa shape index (κ1) is 14.2. The minimum Gasteiger partial charge on any atom is -0.293 e. The van der Waals surface area contributed by atoms with Gasteiger partial charge in [0, 0.05) is 32.2 Å². The van der Waals surface area contributed by atoms with Gasteiger partial charge in [-0.3, -0.25) is 4.90 Å². The Morgan fingerprint density at radius 3 is 2.14 bits per heavy atom. The third-order valence-corrected chi connectivity index (χ3v) is 4.10. The van der Waals surface area contributed by atoms with Crippen LogP contribution < -0.4 is 0 Å². The van der Waals surface area contributed by atoms with Crippen LogP contribution in [-0.2, 0) is 13.0 Å². The molecule has 2 aromatic rings. The fraction of sp³-hybridized carbons (Fsp3) is 0.333. The van der Waals surface area contributed by atoms with Crippen LogP contribution in [0.25, 0.3) is 0 Å². The van der Waals surface area contributed by atoms with Crippen LogP contribution in [0, 0.1) is 0 Å². The molecule has 0 bridgehead atoms. The summed E-state index contributed by atoms with van der Waals surface area (Å²) in [6.07, 6.45) is 0.897. The summed E-state index contributed by atoms with van der Waals surface area (Å²) in [5.74, 6) is 0. The zero-order valence-corrected chi connectivity index (χ0v) is 12.2. The summed E-state index contributed by atoms with van der Waals surface area (Å²) >= 11 is 0. The highest BCUT2D eigenvalue weighted by molar-refractivity contribution is 5.18. The number of benzene rings is 2. The molecule has 0 N–H and O–H groups in total. The van der Waals surface area contributed by atoms with E-state index >= 15 is 0 Å². The van der Waals surface area contributed by atoms with E-state index in [2.05, 4.69) is 41.3 Å². The number of piperazine rings is 1. The van der Waals surface area contributed by atoms with E-state index in [0.717, 1.165) is 24.6 Å². The molecule has 0 saturated carbocycles. The van der Waals surface area contributed by atoms with Gasteiger partial charge in [-0.2, -0.15) is 0 Å². The van der Waals surface area contributed by atoms with Crippen molar-refractivity contribution in [2.75, 3.05) is 19.6 Å². The van der Waals surface area contributed by atoms with E-state index in [9.17, 15) is 4.48 Å². The van der Waals surface area contributed by atoms with E-state index in [1.165, 1.54) is 11.1 Å². The maximum Gasteiger partial charge on any atom is 0.0450 e. The summed E-state index contributed by atoms with van der Waals surface area (Å²) in [6.45, 7) is 2.66. The van der Waals surface area contributed by atoms with Gasteiger partial charge in [0.2, 0.25) is 0 Å². The van der Waals surface area contributed by atoms with Crippen molar-refractivity contribution in [2.24, 2.45) is 0 Å². The predicted molar refractivity (Wildman–Crippen MR) is 83.5 cm³/mol. The lowest BCUT2D eigenvalue weighted by atomic mass is 10.0. The average molecular weight is 284 g/mol. The summed E-state index contributed by atoms with van der Waals surface area (Å²) in [4.78, 5) is 2.40. The highest BCUT2D eigenvalue weighted by Crippen LogP contribution is 2.18. The first-order valence-electron chi connectivity index (χ1n) is 7.54. The highest BCUT2D eigenvalue weighted by atomic mass is 19.2. The standard InChI is InChI=1S/C18H21FN2/c19-21-12-11-20(14-17-9-5-2-6-10-17)18(15-21)13-16-7-3-1-4-8-16/h1-10,18H,11-15H2. The van der Waals surface area contributed by atoms with Gasteiger partial charge in [-0.15, -0.1) is 9.60 Å². The predicted octanol–water partition coefficient (Wildman–Crippen LogP) is 3.30. The molecule has 1 aliphatic rings. The fourth-order valence-corrected chi connectivity index (χ4v) is 2.96. The molecule has 0 spiro atoms. The molecule has 2 nitrogen and oxygen atoms in total. The minimum atomic E-state index is 0.228. The topological polar surface area (TPSA) is 6.48 Å². The lowest BCUT2D eigenvalue weighted by Crippen LogP contribution is -2.51. The first-order valence-corrected chi connectivity index (χ1v) is 7.54. The van der Waals surface area contributed by atoms with Gasteiger partial charge in [-0.1, -0.05) is 60.7 Å². The Kier molecular flexibility index (Phi) is 4.63. The molecule has 1 unspecified atom stereocenters. The van der Waals surface area contributed by atoms with Crippen LogP contribution in [0.5, 0.6) is 0 Å². The number of halogens is 1. The van der Waals surface area contributed by atoms with Gasteiger partial charge < -0.3 is 0 Å². The molecule has 0 aliphatic carbocycles. The maximum atomic E-state index is 13.7. The van der Waals surface area contributed by atoms with Crippen molar-refractivity contribution in [1.82, 2.24) is 10.0 Å². The molecule has 0 amide bonds. The molecule has 1 fully saturated rings. The Labute approximate surface area is 125 Å². The number of rotatable bonds is 4. The average Bonchev–Trinajstić information content (AvgIpc) is 2.52. The van der Waals surface area contributed by atoms with Crippen molar-refractivity contribution < 1.29 is 4.48 Å². The maximum absolute atomic E-state index is 13.7. The van der Waals surface area contributed by atoms with E-state index in [0.29, 0.717) is 13.1 Å². The largest absolute Gasteiger partial charge is 0.293 e. The van der Waals surface area contributed by atoms with Crippen LogP contribution in [0.3, 0.4) is 0 Å². The molecule has 21 heavy (non-hydrogen) atoms. The summed E-state index contributed by atoms with van der Waals surface area (Å²) in [5.41, 5.74) is 2.57. The quantitative estimate of drug-likeness (QED) is 0.795. The molecule has 1 atom stereocenters. The summed E-state index contributed by atoms with van der Waals surface area (Å²) in [5, 5.41) is 0.953. The Balaban J connectivity index is 1.71. The zero-order valence-electron chi connectivity index (χ0n) is 12.2. The first-order chi connectivity index (χ1) is 10.3. The molecule has 2 aromatic carbocycles. The second kappa shape index (κ2) is 6.83. The van der Waals surface area contributed by atoms with Crippen LogP contribution in [0.1, 0.15) is 11.1 Å². The second-order valence-electron chi connectivity index (χ2n) is 5.67. The fourth-order valence-electron chi connectivity index (χ4n) is 2.96. The molecule has 1 aliphatic heterocycles. The smallest absolute Gasteiger partial charge is 0.0450 e. The van der Waals surface area contributed by atoms with E-state index < -0.39 is 0 Å². The summed E-state index contributed by atoms with van der Waals surface area (Å²) < 4.78 is 13.7. The van der Waals surface area contributed by atoms with Gasteiger partial charge in [-0.25, -0.2) is 0 Å². The number of hydrogen-bond donors (Lipinski definition) is 0. The Hall–Kier alpha value is -1.71. The third kappa shape index (κ3) is 3.90. The normalized spacial score (nSPS) is 20.5. The van der Waals surface area contributed by atoms with Gasteiger partial charge in [0.15, 0.2) is 0 Å². The molecule has 3 heteroatoms. The van der Waals surface area contributed by atoms with Crippen molar-refractivity contribution in [1.29, 1.82) is 0 Å². The lowest BCUT2D eigenvalue weighted by molar-refractivity contribution is -0.0515. The summed E-state index contributed by atoms with van der Waals surface area (Å²) in [6, 6.07) is 21.0. The third-order valence-electron chi connectivity index (χ3n) is 4.10. The molecule has 1 saturated heterocycles. The van der Waals surface area contributed by atoms with Crippen LogP contribution in [0.4, 0.5) is 4.48 Å². The molecule has 0 radical (unpaired) electrons. The lowest BCUT2D eigenvalue weighted by Gasteiger charge is -2.38. The van der Waals surface area contributed by atoms with Crippen LogP contribution in [0.15, 0.2) is 60.7 Å². The molecular weight excluding hydrogens is 263 g/mol. The molecule has 1 heterocycles. The zero-order chi connectivity index (χ0) is 14.5. The molecule has 3 rings (SSSR count). The molecule has 110 valence electrons. The Morgan fingerprint density at radius 1 is 0.857 bits per heavy atom. The van der Waals surface area contributed by atoms with E-state index in [4.69, 9.17) is 0 Å². The van der Waals surface area contributed by atoms with Crippen molar-refractivity contribution in [3.8, 4) is 0 Å². The van der Waals surface area contributed by atoms with Crippen molar-refractivity contribution in [3.63, 3.8) is 0 Å². The van der Waals surface area contributed by atoms with Crippen LogP contribution >= 0.6 is 0 Å². The second-order valence-corrected chi connectivity index (χ2v) is 5.67. The SMILES string of the molecule is FN1CCN(Cc2ccccc2)C(Cc2ccccc2)C1. The van der Waals surface area contributed by atoms with Gasteiger partial charge in [0.1, 0.15) is 0 Å². The van der Waals surface area contributed by atoms with Gasteiger partial charge in [0.25, 0.3) is 0 Å². The minimum absolute atomic E-state index is 0.228. The molecular formula is C18H21FN2. The van der Waals surface area contributed by atoms with E-state index in [1.807, 2.05) is 24.3 Å². The van der Waals surface area contributed by atoms with E-state index in [-0.39, 0.29) is 6.04 Å². The number of nitrogens with zero attached hydrogens (tertiary/aromatic N) is 2. The van der Waals surface area contributed by atoms with Crippen molar-refractivity contribution in [3.05, 3.63) is 71.8 Å². The van der Waals surface area contributed by atoms with Gasteiger partial charge >= 0.3 is 0 Å². The van der Waals surface area contributed by atoms with Crippen molar-refractivity contribution >= 4 is 0 Å². The van der Waals surface area contributed by atoms with E-state index in [1.54, 1.807) is 0 Å². The Bertz CT molecular complexity index is 544. The highest BCUT2D eigenvalue weighted by Gasteiger charge is 2.27. The van der Waals surface area contributed by atoms with Gasteiger partial charge in [-0.05, 0) is 17.5 Å². The Morgan fingerprint density at radius 2 is 1.48 bits per heavy atom. The summed E-state index contributed by atoms with van der Waals surface area (Å²) in [7, 11) is 0. The monoisotopic (exact) mass is 284 g/mol. The van der Waals surface area contributed by atoms with Crippen molar-refractivity contribution in [2.45, 2.75) is 19.0 Å². The van der Waals surface area contributed by atoms with Gasteiger partial charge in [0.05, 0.1) is 0 Å². The molecule has 0 aromatic heterocycles. The van der Waals surface area contributed by atoms with Crippen LogP contribution in [0.2, 0.25) is 0 Å². The van der Waals surface area contributed by atoms with Crippen LogP contribution in [-0.4, -0.2) is 35.7 Å².